The molecule has 0 aliphatic heterocycles. The number of halogens is 3. The van der Waals surface area contributed by atoms with E-state index in [0.717, 1.165) is 16.5 Å². The summed E-state index contributed by atoms with van der Waals surface area (Å²) in [6, 6.07) is 17.7. The highest BCUT2D eigenvalue weighted by Crippen LogP contribution is 2.40. The van der Waals surface area contributed by atoms with Crippen LogP contribution in [0.1, 0.15) is 16.7 Å². The zero-order valence-electron chi connectivity index (χ0n) is 18.3. The first kappa shape index (κ1) is 23.0. The van der Waals surface area contributed by atoms with Crippen LogP contribution in [-0.2, 0) is 12.7 Å². The lowest BCUT2D eigenvalue weighted by Crippen LogP contribution is -2.23. The second-order valence-corrected chi connectivity index (χ2v) is 7.84. The van der Waals surface area contributed by atoms with E-state index in [2.05, 4.69) is 10.1 Å². The predicted octanol–water partition coefficient (Wildman–Crippen LogP) is 6.51. The summed E-state index contributed by atoms with van der Waals surface area (Å²) in [4.78, 5) is 16.5. The van der Waals surface area contributed by atoms with Gasteiger partial charge in [0.1, 0.15) is 0 Å². The maximum Gasteiger partial charge on any atom is 0.417 e. The van der Waals surface area contributed by atoms with E-state index in [1.165, 1.54) is 19.2 Å². The van der Waals surface area contributed by atoms with Gasteiger partial charge in [0, 0.05) is 24.7 Å². The summed E-state index contributed by atoms with van der Waals surface area (Å²) < 4.78 is 47.0. The Morgan fingerprint density at radius 3 is 2.47 bits per heavy atom. The van der Waals surface area contributed by atoms with E-state index in [0.29, 0.717) is 16.7 Å². The summed E-state index contributed by atoms with van der Waals surface area (Å²) >= 11 is 0. The maximum absolute atomic E-state index is 13.9. The average Bonchev–Trinajstić information content (AvgIpc) is 3.29. The molecule has 0 fully saturated rings. The highest BCUT2D eigenvalue weighted by molar-refractivity contribution is 5.74. The lowest BCUT2D eigenvalue weighted by molar-refractivity contribution is -0.137. The van der Waals surface area contributed by atoms with Gasteiger partial charge in [-0.2, -0.15) is 18.2 Å². The Labute approximate surface area is 193 Å². The summed E-state index contributed by atoms with van der Waals surface area (Å²) in [7, 11) is 1.44. The van der Waals surface area contributed by atoms with Crippen molar-refractivity contribution in [2.75, 3.05) is 7.05 Å². The number of nitrogens with zero attached hydrogens (tertiary/aromatic N) is 3. The van der Waals surface area contributed by atoms with E-state index in [1.54, 1.807) is 55.5 Å². The molecule has 34 heavy (non-hydrogen) atoms. The number of aromatic nitrogens is 2. The number of alkyl halides is 3. The molecule has 0 saturated heterocycles. The van der Waals surface area contributed by atoms with E-state index in [-0.39, 0.29) is 29.4 Å². The molecule has 0 aliphatic rings. The highest BCUT2D eigenvalue weighted by atomic mass is 19.4. The number of rotatable bonds is 5. The first-order valence-corrected chi connectivity index (χ1v) is 10.3. The van der Waals surface area contributed by atoms with Gasteiger partial charge in [0.2, 0.25) is 5.82 Å². The molecular formula is C25H20F3N3O3. The van der Waals surface area contributed by atoms with Crippen LogP contribution >= 0.6 is 0 Å². The summed E-state index contributed by atoms with van der Waals surface area (Å²) in [6.45, 7) is 1.92. The number of aryl methyl sites for hydroxylation is 1. The average molecular weight is 467 g/mol. The van der Waals surface area contributed by atoms with Crippen LogP contribution in [-0.4, -0.2) is 33.3 Å². The third kappa shape index (κ3) is 4.78. The Morgan fingerprint density at radius 2 is 1.76 bits per heavy atom. The first-order chi connectivity index (χ1) is 16.1. The Balaban J connectivity index is 1.69. The minimum atomic E-state index is -4.58. The number of benzene rings is 3. The topological polar surface area (TPSA) is 79.5 Å². The Morgan fingerprint density at radius 1 is 1.00 bits per heavy atom. The lowest BCUT2D eigenvalue weighted by Gasteiger charge is -2.15. The standard InChI is InChI=1S/C25H20F3N3O3/c1-15-6-3-4-9-19(15)20-11-10-18(13-21(20)25(26,27)28)23-29-22(30-34-23)17-8-5-7-16(12-17)14-31(2)24(32)33/h3-13H,14H2,1-2H3,(H,32,33). The summed E-state index contributed by atoms with van der Waals surface area (Å²) in [6.07, 6.45) is -5.65. The van der Waals surface area contributed by atoms with Gasteiger partial charge in [-0.1, -0.05) is 53.7 Å². The molecule has 0 aliphatic carbocycles. The fourth-order valence-corrected chi connectivity index (χ4v) is 3.63. The van der Waals surface area contributed by atoms with Crippen LogP contribution in [0.4, 0.5) is 18.0 Å². The van der Waals surface area contributed by atoms with Crippen molar-refractivity contribution in [1.82, 2.24) is 15.0 Å². The molecule has 0 unspecified atom stereocenters. The summed E-state index contributed by atoms with van der Waals surface area (Å²) in [5, 5.41) is 13.0. The van der Waals surface area contributed by atoms with Crippen molar-refractivity contribution < 1.29 is 27.6 Å². The Hall–Kier alpha value is -4.14. The molecule has 0 spiro atoms. The van der Waals surface area contributed by atoms with E-state index in [4.69, 9.17) is 9.63 Å². The molecule has 1 aromatic heterocycles. The maximum atomic E-state index is 13.9. The molecule has 4 aromatic rings. The van der Waals surface area contributed by atoms with Gasteiger partial charge in [-0.05, 0) is 47.4 Å². The van der Waals surface area contributed by atoms with Crippen LogP contribution in [0, 0.1) is 6.92 Å². The van der Waals surface area contributed by atoms with Crippen molar-refractivity contribution in [2.24, 2.45) is 0 Å². The minimum Gasteiger partial charge on any atom is -0.465 e. The lowest BCUT2D eigenvalue weighted by atomic mass is 9.94. The van der Waals surface area contributed by atoms with Crippen molar-refractivity contribution in [1.29, 1.82) is 0 Å². The summed E-state index contributed by atoms with van der Waals surface area (Å²) in [5.74, 6) is 0.135. The summed E-state index contributed by atoms with van der Waals surface area (Å²) in [5.41, 5.74) is 1.91. The van der Waals surface area contributed by atoms with Crippen LogP contribution in [0.15, 0.2) is 71.3 Å². The van der Waals surface area contributed by atoms with E-state index >= 15 is 0 Å². The third-order valence-electron chi connectivity index (χ3n) is 5.36. The quantitative estimate of drug-likeness (QED) is 0.362. The van der Waals surface area contributed by atoms with Gasteiger partial charge in [0.05, 0.1) is 5.56 Å². The van der Waals surface area contributed by atoms with E-state index in [1.807, 2.05) is 0 Å². The Bertz CT molecular complexity index is 1350. The third-order valence-corrected chi connectivity index (χ3v) is 5.36. The minimum absolute atomic E-state index is 0.0510. The van der Waals surface area contributed by atoms with Crippen molar-refractivity contribution >= 4 is 6.09 Å². The molecule has 4 rings (SSSR count). The molecule has 6 nitrogen and oxygen atoms in total. The number of carbonyl (C=O) groups is 1. The molecular weight excluding hydrogens is 447 g/mol. The van der Waals surface area contributed by atoms with Crippen LogP contribution in [0.5, 0.6) is 0 Å². The van der Waals surface area contributed by atoms with Crippen molar-refractivity contribution in [3.8, 4) is 34.0 Å². The SMILES string of the molecule is Cc1ccccc1-c1ccc(-c2nc(-c3cccc(CN(C)C(=O)O)c3)no2)cc1C(F)(F)F. The number of carboxylic acid groups (broad SMARTS) is 1. The van der Waals surface area contributed by atoms with Gasteiger partial charge in [0.15, 0.2) is 0 Å². The van der Waals surface area contributed by atoms with Crippen LogP contribution < -0.4 is 0 Å². The molecule has 1 heterocycles. The van der Waals surface area contributed by atoms with Crippen molar-refractivity contribution in [3.05, 3.63) is 83.4 Å². The van der Waals surface area contributed by atoms with Crippen LogP contribution in [0.3, 0.4) is 0 Å². The molecule has 174 valence electrons. The second kappa shape index (κ2) is 9.01. The van der Waals surface area contributed by atoms with Crippen LogP contribution in [0.2, 0.25) is 0 Å². The van der Waals surface area contributed by atoms with Gasteiger partial charge >= 0.3 is 12.3 Å². The van der Waals surface area contributed by atoms with Crippen LogP contribution in [0.25, 0.3) is 34.0 Å². The molecule has 0 saturated carbocycles. The normalized spacial score (nSPS) is 11.4. The molecule has 0 radical (unpaired) electrons. The van der Waals surface area contributed by atoms with Gasteiger partial charge < -0.3 is 14.5 Å². The highest BCUT2D eigenvalue weighted by Gasteiger charge is 2.34. The predicted molar refractivity (Wildman–Crippen MR) is 120 cm³/mol. The fraction of sp³-hybridized carbons (Fsp3) is 0.160. The van der Waals surface area contributed by atoms with Gasteiger partial charge in [-0.3, -0.25) is 0 Å². The number of hydrogen-bond acceptors (Lipinski definition) is 4. The monoisotopic (exact) mass is 467 g/mol. The van der Waals surface area contributed by atoms with Gasteiger partial charge in [-0.15, -0.1) is 0 Å². The van der Waals surface area contributed by atoms with Gasteiger partial charge in [0.25, 0.3) is 5.89 Å². The molecule has 0 bridgehead atoms. The molecule has 3 aromatic carbocycles. The second-order valence-electron chi connectivity index (χ2n) is 7.84. The van der Waals surface area contributed by atoms with E-state index < -0.39 is 17.8 Å². The Kier molecular flexibility index (Phi) is 6.10. The van der Waals surface area contributed by atoms with Crippen molar-refractivity contribution in [3.63, 3.8) is 0 Å². The molecule has 9 heteroatoms. The largest absolute Gasteiger partial charge is 0.465 e. The first-order valence-electron chi connectivity index (χ1n) is 10.3. The van der Waals surface area contributed by atoms with E-state index in [9.17, 15) is 18.0 Å². The molecule has 1 amide bonds. The van der Waals surface area contributed by atoms with Gasteiger partial charge in [-0.25, -0.2) is 4.79 Å². The zero-order chi connectivity index (χ0) is 24.5. The van der Waals surface area contributed by atoms with Crippen molar-refractivity contribution in [2.45, 2.75) is 19.6 Å². The smallest absolute Gasteiger partial charge is 0.417 e. The zero-order valence-corrected chi connectivity index (χ0v) is 18.3. The fourth-order valence-electron chi connectivity index (χ4n) is 3.63. The molecule has 1 N–H and O–H groups in total. The number of hydrogen-bond donors (Lipinski definition) is 1. The molecule has 0 atom stereocenters. The number of amides is 1.